The van der Waals surface area contributed by atoms with Gasteiger partial charge in [0.05, 0.1) is 17.7 Å². The summed E-state index contributed by atoms with van der Waals surface area (Å²) in [6.45, 7) is 7.19. The molecule has 1 heterocycles. The molecule has 0 aromatic heterocycles. The van der Waals surface area contributed by atoms with Gasteiger partial charge in [-0.1, -0.05) is 6.07 Å². The minimum atomic E-state index is -0.510. The SMILES string of the molecule is C[C@@H](O)c1ccc(C#N)cc1N1CCCC1(C)C. The number of hydrogen-bond donors (Lipinski definition) is 1. The minimum absolute atomic E-state index is 0.0950. The van der Waals surface area contributed by atoms with Crippen LogP contribution in [0.1, 0.15) is 50.8 Å². The molecule has 1 fully saturated rings. The first-order chi connectivity index (χ1) is 8.45. The van der Waals surface area contributed by atoms with Crippen LogP contribution >= 0.6 is 0 Å². The second-order valence-electron chi connectivity index (χ2n) is 5.63. The molecule has 0 amide bonds. The second-order valence-corrected chi connectivity index (χ2v) is 5.63. The van der Waals surface area contributed by atoms with Crippen molar-refractivity contribution in [1.82, 2.24) is 0 Å². The second kappa shape index (κ2) is 4.62. The van der Waals surface area contributed by atoms with E-state index in [1.165, 1.54) is 0 Å². The van der Waals surface area contributed by atoms with Crippen molar-refractivity contribution in [3.05, 3.63) is 29.3 Å². The molecule has 0 aliphatic carbocycles. The van der Waals surface area contributed by atoms with Crippen LogP contribution in [0.4, 0.5) is 5.69 Å². The highest BCUT2D eigenvalue weighted by Gasteiger charge is 2.33. The van der Waals surface area contributed by atoms with E-state index in [-0.39, 0.29) is 5.54 Å². The molecule has 0 unspecified atom stereocenters. The zero-order chi connectivity index (χ0) is 13.3. The molecule has 1 aliphatic rings. The van der Waals surface area contributed by atoms with Gasteiger partial charge in [-0.2, -0.15) is 5.26 Å². The first-order valence-electron chi connectivity index (χ1n) is 6.45. The summed E-state index contributed by atoms with van der Waals surface area (Å²) in [6.07, 6.45) is 1.79. The molecule has 3 nitrogen and oxygen atoms in total. The zero-order valence-electron chi connectivity index (χ0n) is 11.3. The number of rotatable bonds is 2. The number of aliphatic hydroxyl groups is 1. The molecule has 1 N–H and O–H groups in total. The van der Waals surface area contributed by atoms with Gasteiger partial charge < -0.3 is 10.0 Å². The number of nitriles is 1. The summed E-state index contributed by atoms with van der Waals surface area (Å²) < 4.78 is 0. The first kappa shape index (κ1) is 12.9. The van der Waals surface area contributed by atoms with Crippen LogP contribution < -0.4 is 4.90 Å². The van der Waals surface area contributed by atoms with Crippen LogP contribution in [0.3, 0.4) is 0 Å². The lowest BCUT2D eigenvalue weighted by Crippen LogP contribution is -2.38. The molecule has 1 aromatic carbocycles. The highest BCUT2D eigenvalue weighted by atomic mass is 16.3. The monoisotopic (exact) mass is 244 g/mol. The number of anilines is 1. The van der Waals surface area contributed by atoms with Gasteiger partial charge in [0, 0.05) is 23.3 Å². The first-order valence-corrected chi connectivity index (χ1v) is 6.45. The van der Waals surface area contributed by atoms with Crippen LogP contribution in [0.25, 0.3) is 0 Å². The van der Waals surface area contributed by atoms with Crippen molar-refractivity contribution < 1.29 is 5.11 Å². The summed E-state index contributed by atoms with van der Waals surface area (Å²) in [5.41, 5.74) is 2.66. The lowest BCUT2D eigenvalue weighted by atomic mass is 9.98. The minimum Gasteiger partial charge on any atom is -0.389 e. The van der Waals surface area contributed by atoms with Crippen molar-refractivity contribution in [2.45, 2.75) is 45.3 Å². The molecular formula is C15H20N2O. The third-order valence-corrected chi connectivity index (χ3v) is 3.80. The third kappa shape index (κ3) is 2.21. The van der Waals surface area contributed by atoms with E-state index in [0.29, 0.717) is 5.56 Å². The smallest absolute Gasteiger partial charge is 0.0992 e. The molecule has 0 bridgehead atoms. The van der Waals surface area contributed by atoms with Gasteiger partial charge in [0.15, 0.2) is 0 Å². The Morgan fingerprint density at radius 3 is 2.67 bits per heavy atom. The Labute approximate surface area is 109 Å². The van der Waals surface area contributed by atoms with Gasteiger partial charge in [0.25, 0.3) is 0 Å². The van der Waals surface area contributed by atoms with Crippen LogP contribution in [0.2, 0.25) is 0 Å². The van der Waals surface area contributed by atoms with Crippen LogP contribution in [-0.4, -0.2) is 17.2 Å². The predicted octanol–water partition coefficient (Wildman–Crippen LogP) is 2.99. The quantitative estimate of drug-likeness (QED) is 0.870. The fourth-order valence-electron chi connectivity index (χ4n) is 2.75. The van der Waals surface area contributed by atoms with Crippen LogP contribution in [0, 0.1) is 11.3 Å². The van der Waals surface area contributed by atoms with E-state index in [1.807, 2.05) is 12.1 Å². The molecule has 2 rings (SSSR count). The molecule has 18 heavy (non-hydrogen) atoms. The van der Waals surface area contributed by atoms with Gasteiger partial charge in [0.1, 0.15) is 0 Å². The van der Waals surface area contributed by atoms with E-state index < -0.39 is 6.10 Å². The third-order valence-electron chi connectivity index (χ3n) is 3.80. The lowest BCUT2D eigenvalue weighted by Gasteiger charge is -2.35. The van der Waals surface area contributed by atoms with Gasteiger partial charge in [-0.25, -0.2) is 0 Å². The summed E-state index contributed by atoms with van der Waals surface area (Å²) in [5.74, 6) is 0. The molecular weight excluding hydrogens is 224 g/mol. The van der Waals surface area contributed by atoms with E-state index in [2.05, 4.69) is 24.8 Å². The predicted molar refractivity (Wildman–Crippen MR) is 72.4 cm³/mol. The Bertz CT molecular complexity index is 486. The maximum absolute atomic E-state index is 9.89. The zero-order valence-corrected chi connectivity index (χ0v) is 11.3. The lowest BCUT2D eigenvalue weighted by molar-refractivity contribution is 0.199. The summed E-state index contributed by atoms with van der Waals surface area (Å²) in [5, 5.41) is 18.9. The normalized spacial score (nSPS) is 19.6. The standard InChI is InChI=1S/C15H20N2O/c1-11(18)13-6-5-12(10-16)9-14(13)17-8-4-7-15(17,2)3/h5-6,9,11,18H,4,7-8H2,1-3H3/t11-/m1/s1. The van der Waals surface area contributed by atoms with E-state index in [4.69, 9.17) is 5.26 Å². The average Bonchev–Trinajstić information content (AvgIpc) is 2.67. The topological polar surface area (TPSA) is 47.3 Å². The van der Waals surface area contributed by atoms with Gasteiger partial charge in [-0.3, -0.25) is 0 Å². The summed E-state index contributed by atoms with van der Waals surface area (Å²) in [7, 11) is 0. The van der Waals surface area contributed by atoms with Gasteiger partial charge >= 0.3 is 0 Å². The van der Waals surface area contributed by atoms with Crippen LogP contribution in [0.15, 0.2) is 18.2 Å². The van der Waals surface area contributed by atoms with Crippen molar-refractivity contribution in [3.63, 3.8) is 0 Å². The van der Waals surface area contributed by atoms with E-state index in [1.54, 1.807) is 13.0 Å². The Balaban J connectivity index is 2.51. The van der Waals surface area contributed by atoms with E-state index in [0.717, 1.165) is 30.6 Å². The number of benzene rings is 1. The summed E-state index contributed by atoms with van der Waals surface area (Å²) >= 11 is 0. The van der Waals surface area contributed by atoms with Crippen molar-refractivity contribution in [3.8, 4) is 6.07 Å². The number of aliphatic hydroxyl groups excluding tert-OH is 1. The molecule has 1 aliphatic heterocycles. The fourth-order valence-corrected chi connectivity index (χ4v) is 2.75. The number of hydrogen-bond acceptors (Lipinski definition) is 3. The molecule has 96 valence electrons. The van der Waals surface area contributed by atoms with Crippen molar-refractivity contribution >= 4 is 5.69 Å². The Morgan fingerprint density at radius 2 is 2.17 bits per heavy atom. The Kier molecular flexibility index (Phi) is 3.32. The van der Waals surface area contributed by atoms with Crippen LogP contribution in [-0.2, 0) is 0 Å². The fraction of sp³-hybridized carbons (Fsp3) is 0.533. The van der Waals surface area contributed by atoms with Crippen molar-refractivity contribution in [1.29, 1.82) is 5.26 Å². The average molecular weight is 244 g/mol. The Hall–Kier alpha value is -1.53. The summed E-state index contributed by atoms with van der Waals surface area (Å²) in [6, 6.07) is 7.71. The Morgan fingerprint density at radius 1 is 1.44 bits per heavy atom. The maximum Gasteiger partial charge on any atom is 0.0992 e. The largest absolute Gasteiger partial charge is 0.389 e. The van der Waals surface area contributed by atoms with Crippen molar-refractivity contribution in [2.75, 3.05) is 11.4 Å². The number of nitrogens with zero attached hydrogens (tertiary/aromatic N) is 2. The molecule has 0 spiro atoms. The maximum atomic E-state index is 9.89. The van der Waals surface area contributed by atoms with E-state index in [9.17, 15) is 5.11 Å². The summed E-state index contributed by atoms with van der Waals surface area (Å²) in [4.78, 5) is 2.32. The van der Waals surface area contributed by atoms with Gasteiger partial charge in [0.2, 0.25) is 0 Å². The molecule has 1 atom stereocenters. The van der Waals surface area contributed by atoms with Gasteiger partial charge in [-0.15, -0.1) is 0 Å². The molecule has 0 radical (unpaired) electrons. The molecule has 3 heteroatoms. The van der Waals surface area contributed by atoms with E-state index >= 15 is 0 Å². The highest BCUT2D eigenvalue weighted by molar-refractivity contribution is 5.60. The highest BCUT2D eigenvalue weighted by Crippen LogP contribution is 2.37. The molecule has 1 aromatic rings. The van der Waals surface area contributed by atoms with Crippen LogP contribution in [0.5, 0.6) is 0 Å². The molecule has 1 saturated heterocycles. The molecule has 0 saturated carbocycles. The van der Waals surface area contributed by atoms with Crippen molar-refractivity contribution in [2.24, 2.45) is 0 Å². The van der Waals surface area contributed by atoms with Gasteiger partial charge in [-0.05, 0) is 45.7 Å².